The van der Waals surface area contributed by atoms with E-state index < -0.39 is 0 Å². The highest BCUT2D eigenvalue weighted by atomic mass is 32.1. The maximum absolute atomic E-state index is 4.92. The third-order valence-electron chi connectivity index (χ3n) is 1.80. The molecule has 68 valence electrons. The molecule has 0 aromatic heterocycles. The molecular weight excluding hydrogens is 194 g/mol. The van der Waals surface area contributed by atoms with E-state index in [0.29, 0.717) is 5.96 Å². The smallest absolute Gasteiger partial charge is 0.189 e. The molecule has 0 unspecified atom stereocenters. The van der Waals surface area contributed by atoms with Gasteiger partial charge in [0, 0.05) is 0 Å². The molecule has 1 aromatic rings. The fourth-order valence-electron chi connectivity index (χ4n) is 1.17. The lowest BCUT2D eigenvalue weighted by molar-refractivity contribution is -0.292. The minimum absolute atomic E-state index is 0.603. The summed E-state index contributed by atoms with van der Waals surface area (Å²) >= 11 is 4.92. The number of guanidine groups is 1. The van der Waals surface area contributed by atoms with Crippen molar-refractivity contribution in [3.8, 4) is 0 Å². The first-order valence-corrected chi connectivity index (χ1v) is 4.62. The van der Waals surface area contributed by atoms with Crippen LogP contribution in [0.5, 0.6) is 0 Å². The molecule has 0 spiro atoms. The van der Waals surface area contributed by atoms with Gasteiger partial charge in [-0.15, -0.1) is 0 Å². The predicted octanol–water partition coefficient (Wildman–Crippen LogP) is 1.80. The van der Waals surface area contributed by atoms with Crippen LogP contribution in [-0.4, -0.2) is 28.5 Å². The normalized spacial score (nSPS) is 13.3. The van der Waals surface area contributed by atoms with Gasteiger partial charge in [0.2, 0.25) is 0 Å². The summed E-state index contributed by atoms with van der Waals surface area (Å²) in [4.78, 5) is 8.16. The molecule has 0 radical (unpaired) electrons. The molecule has 0 atom stereocenters. The highest BCUT2D eigenvalue weighted by Gasteiger charge is 2.14. The highest BCUT2D eigenvalue weighted by molar-refractivity contribution is 7.78. The Morgan fingerprint density at radius 2 is 1.71 bits per heavy atom. The second-order valence-corrected chi connectivity index (χ2v) is 2.88. The van der Waals surface area contributed by atoms with E-state index in [1.165, 1.54) is 5.49 Å². The quantitative estimate of drug-likeness (QED) is 0.531. The molecule has 3 nitrogen and oxygen atoms in total. The first kappa shape index (κ1) is 8.90. The third-order valence-corrected chi connectivity index (χ3v) is 2.01. The Hall–Kier alpha value is -1.68. The average molecular weight is 202 g/mol. The molecule has 0 amide bonds. The number of aliphatic imine (C=N–C) groups is 2. The summed E-state index contributed by atoms with van der Waals surface area (Å²) in [5.74, 6) is 0.603. The second kappa shape index (κ2) is 4.02. The Labute approximate surface area is 87.1 Å². The fourth-order valence-corrected chi connectivity index (χ4v) is 1.39. The van der Waals surface area contributed by atoms with E-state index in [2.05, 4.69) is 9.98 Å². The Bertz CT molecular complexity index is 418. The number of thiocarbonyl (C=S) groups is 1. The van der Waals surface area contributed by atoms with Crippen molar-refractivity contribution in [3.63, 3.8) is 0 Å². The summed E-state index contributed by atoms with van der Waals surface area (Å²) in [6, 6.07) is 9.77. The molecule has 2 rings (SSSR count). The Morgan fingerprint density at radius 3 is 2.29 bits per heavy atom. The minimum atomic E-state index is 0.603. The van der Waals surface area contributed by atoms with Crippen molar-refractivity contribution >= 4 is 41.8 Å². The van der Waals surface area contributed by atoms with Gasteiger partial charge in [-0.3, -0.25) is 0 Å². The number of hydrogen-bond acceptors (Lipinski definition) is 1. The van der Waals surface area contributed by atoms with Crippen molar-refractivity contribution in [1.29, 1.82) is 0 Å². The molecule has 14 heavy (non-hydrogen) atoms. The molecular formula is C10H8N3S+. The van der Waals surface area contributed by atoms with E-state index in [4.69, 9.17) is 12.2 Å². The Kier molecular flexibility index (Phi) is 2.55. The number of hydrogen-bond donors (Lipinski definition) is 0. The lowest BCUT2D eigenvalue weighted by atomic mass is 10.3. The van der Waals surface area contributed by atoms with E-state index in [1.807, 2.05) is 30.3 Å². The molecule has 1 aliphatic rings. The van der Waals surface area contributed by atoms with Gasteiger partial charge in [0.15, 0.2) is 0 Å². The number of para-hydroxylation sites is 1. The standard InChI is InChI=1S/C10H8N3S/c14-8-13(10-11-6-7-12-10)9-4-2-1-3-5-9/h1-8H/q+1. The molecule has 0 saturated carbocycles. The summed E-state index contributed by atoms with van der Waals surface area (Å²) in [6.07, 6.45) is 3.29. The Morgan fingerprint density at radius 1 is 1.07 bits per heavy atom. The van der Waals surface area contributed by atoms with Crippen LogP contribution in [0.1, 0.15) is 0 Å². The van der Waals surface area contributed by atoms with Crippen LogP contribution >= 0.6 is 12.2 Å². The van der Waals surface area contributed by atoms with Crippen molar-refractivity contribution in [1.82, 2.24) is 0 Å². The van der Waals surface area contributed by atoms with Gasteiger partial charge >= 0.3 is 5.96 Å². The zero-order valence-corrected chi connectivity index (χ0v) is 8.19. The summed E-state index contributed by atoms with van der Waals surface area (Å²) in [6.45, 7) is 0. The number of nitrogens with zero attached hydrogens (tertiary/aromatic N) is 3. The van der Waals surface area contributed by atoms with Gasteiger partial charge < -0.3 is 0 Å². The van der Waals surface area contributed by atoms with Crippen molar-refractivity contribution in [2.75, 3.05) is 0 Å². The first-order chi connectivity index (χ1) is 6.92. The van der Waals surface area contributed by atoms with Gasteiger partial charge in [0.25, 0.3) is 0 Å². The van der Waals surface area contributed by atoms with Gasteiger partial charge in [0.1, 0.15) is 23.6 Å². The van der Waals surface area contributed by atoms with E-state index in [1.54, 1.807) is 17.0 Å². The van der Waals surface area contributed by atoms with Crippen LogP contribution in [-0.2, 0) is 0 Å². The molecule has 1 heterocycles. The van der Waals surface area contributed by atoms with Gasteiger partial charge in [0.05, 0.1) is 0 Å². The molecule has 0 aliphatic carbocycles. The predicted molar refractivity (Wildman–Crippen MR) is 62.0 cm³/mol. The zero-order valence-electron chi connectivity index (χ0n) is 7.37. The van der Waals surface area contributed by atoms with Crippen molar-refractivity contribution in [2.45, 2.75) is 0 Å². The zero-order chi connectivity index (χ0) is 9.80. The third kappa shape index (κ3) is 1.65. The molecule has 0 saturated heterocycles. The van der Waals surface area contributed by atoms with Gasteiger partial charge in [-0.1, -0.05) is 40.4 Å². The van der Waals surface area contributed by atoms with Gasteiger partial charge in [-0.25, -0.2) is 0 Å². The average Bonchev–Trinajstić information content (AvgIpc) is 2.74. The first-order valence-electron chi connectivity index (χ1n) is 4.15. The molecule has 4 heteroatoms. The van der Waals surface area contributed by atoms with Crippen LogP contribution in [0.25, 0.3) is 0 Å². The molecule has 0 N–H and O–H groups in total. The van der Waals surface area contributed by atoms with Crippen molar-refractivity contribution in [2.24, 2.45) is 9.98 Å². The lowest BCUT2D eigenvalue weighted by Crippen LogP contribution is -2.09. The minimum Gasteiger partial charge on any atom is -0.189 e. The number of rotatable bonds is 2. The highest BCUT2D eigenvalue weighted by Crippen LogP contribution is 2.10. The van der Waals surface area contributed by atoms with E-state index in [0.717, 1.165) is 5.69 Å². The van der Waals surface area contributed by atoms with Gasteiger partial charge in [-0.05, 0) is 12.1 Å². The summed E-state index contributed by atoms with van der Waals surface area (Å²) < 4.78 is 1.76. The van der Waals surface area contributed by atoms with E-state index in [9.17, 15) is 0 Å². The van der Waals surface area contributed by atoms with Crippen LogP contribution in [0, 0.1) is 0 Å². The van der Waals surface area contributed by atoms with Crippen LogP contribution in [0.2, 0.25) is 0 Å². The summed E-state index contributed by atoms with van der Waals surface area (Å²) in [5.41, 5.74) is 2.50. The van der Waals surface area contributed by atoms with E-state index >= 15 is 0 Å². The van der Waals surface area contributed by atoms with Crippen LogP contribution in [0.3, 0.4) is 0 Å². The van der Waals surface area contributed by atoms with Crippen molar-refractivity contribution < 1.29 is 4.58 Å². The molecule has 0 bridgehead atoms. The largest absolute Gasteiger partial charge is 0.438 e. The molecule has 0 fully saturated rings. The van der Waals surface area contributed by atoms with Crippen LogP contribution in [0.4, 0.5) is 5.69 Å². The molecule has 1 aliphatic heterocycles. The van der Waals surface area contributed by atoms with Crippen molar-refractivity contribution in [3.05, 3.63) is 30.3 Å². The van der Waals surface area contributed by atoms with Crippen LogP contribution < -0.4 is 0 Å². The Balaban J connectivity index is 2.50. The monoisotopic (exact) mass is 202 g/mol. The molecule has 1 aromatic carbocycles. The number of benzene rings is 1. The second-order valence-electron chi connectivity index (χ2n) is 2.67. The topological polar surface area (TPSA) is 27.7 Å². The van der Waals surface area contributed by atoms with E-state index in [-0.39, 0.29) is 0 Å². The maximum Gasteiger partial charge on any atom is 0.438 e. The maximum atomic E-state index is 4.92. The SMILES string of the molecule is S=C[N+](=C1N=CC=N1)c1ccccc1. The fraction of sp³-hybridized carbons (Fsp3) is 0. The van der Waals surface area contributed by atoms with Crippen LogP contribution in [0.15, 0.2) is 40.3 Å². The lowest BCUT2D eigenvalue weighted by Gasteiger charge is -1.98. The van der Waals surface area contributed by atoms with Gasteiger partial charge in [-0.2, -0.15) is 4.58 Å². The summed E-state index contributed by atoms with van der Waals surface area (Å²) in [7, 11) is 0. The summed E-state index contributed by atoms with van der Waals surface area (Å²) in [5, 5.41) is 0.